The smallest absolute Gasteiger partial charge is 0.290 e. The van der Waals surface area contributed by atoms with E-state index in [-0.39, 0.29) is 25.2 Å². The van der Waals surface area contributed by atoms with Gasteiger partial charge in [-0.25, -0.2) is 0 Å². The number of ether oxygens (including phenoxy) is 2. The number of thiophene rings is 1. The van der Waals surface area contributed by atoms with Gasteiger partial charge in [-0.05, 0) is 66.3 Å². The summed E-state index contributed by atoms with van der Waals surface area (Å²) in [4.78, 5) is 24.3. The Morgan fingerprint density at radius 2 is 2.00 bits per heavy atom. The fraction of sp³-hybridized carbons (Fsp3) is 0.478. The molecule has 172 valence electrons. The number of aryl methyl sites for hydroxylation is 1. The lowest BCUT2D eigenvalue weighted by atomic mass is 9.93. The monoisotopic (exact) mass is 460 g/mol. The van der Waals surface area contributed by atoms with Crippen LogP contribution in [-0.2, 0) is 24.2 Å². The Kier molecular flexibility index (Phi) is 7.29. The molecule has 3 aliphatic rings. The van der Waals surface area contributed by atoms with Crippen molar-refractivity contribution in [2.75, 3.05) is 19.9 Å². The molecule has 1 amide bonds. The normalized spacial score (nSPS) is 21.8. The number of rotatable bonds is 4. The van der Waals surface area contributed by atoms with E-state index < -0.39 is 6.10 Å². The molecule has 32 heavy (non-hydrogen) atoms. The zero-order valence-corrected chi connectivity index (χ0v) is 18.6. The number of aliphatic hydroxyl groups excluding tert-OH is 1. The van der Waals surface area contributed by atoms with E-state index in [1.54, 1.807) is 11.3 Å². The van der Waals surface area contributed by atoms with Crippen LogP contribution in [0.3, 0.4) is 0 Å². The summed E-state index contributed by atoms with van der Waals surface area (Å²) in [5.74, 6) is 1.56. The summed E-state index contributed by atoms with van der Waals surface area (Å²) >= 11 is 1.56. The van der Waals surface area contributed by atoms with Crippen LogP contribution in [0.4, 0.5) is 0 Å². The van der Waals surface area contributed by atoms with E-state index in [2.05, 4.69) is 15.6 Å². The number of fused-ring (bicyclic) bond motifs is 2. The number of carbonyl (C=O) groups is 2. The van der Waals surface area contributed by atoms with Gasteiger partial charge in [0.2, 0.25) is 6.79 Å². The standard InChI is InChI=1S/C22H26N2O4S.CH2O2/c25-17-8-16(23-22(26)21-18-4-2-1-3-15(18)12-29-21)10-24(11-17)9-14-5-6-19-20(7-14)28-13-27-19;2-1-3/h5-7,12,16-17,25H,1-4,8-11,13H2,(H,23,26);1H,(H,2,3)/t16-,17+;/m0./s1. The largest absolute Gasteiger partial charge is 0.483 e. The Morgan fingerprint density at radius 1 is 1.22 bits per heavy atom. The summed E-state index contributed by atoms with van der Waals surface area (Å²) in [7, 11) is 0. The van der Waals surface area contributed by atoms with Crippen LogP contribution in [0.1, 0.15) is 45.6 Å². The van der Waals surface area contributed by atoms with Crippen molar-refractivity contribution in [3.05, 3.63) is 45.1 Å². The van der Waals surface area contributed by atoms with Crippen LogP contribution in [0, 0.1) is 0 Å². The SMILES string of the molecule is O=C(N[C@H]1C[C@@H](O)CN(Cc2ccc3c(c2)OCO3)C1)c1scc2c1CCCC2.O=CO. The lowest BCUT2D eigenvalue weighted by Crippen LogP contribution is -2.52. The third kappa shape index (κ3) is 5.23. The summed E-state index contributed by atoms with van der Waals surface area (Å²) in [6, 6.07) is 5.90. The second-order valence-electron chi connectivity index (χ2n) is 8.32. The number of nitrogens with zero attached hydrogens (tertiary/aromatic N) is 1. The first-order chi connectivity index (χ1) is 15.6. The molecular weight excluding hydrogens is 432 g/mol. The van der Waals surface area contributed by atoms with Crippen LogP contribution in [0.2, 0.25) is 0 Å². The van der Waals surface area contributed by atoms with Gasteiger partial charge in [-0.1, -0.05) is 6.07 Å². The quantitative estimate of drug-likeness (QED) is 0.602. The topological polar surface area (TPSA) is 108 Å². The van der Waals surface area contributed by atoms with Gasteiger partial charge in [0.15, 0.2) is 11.5 Å². The number of aliphatic hydroxyl groups is 1. The Balaban J connectivity index is 0.000000775. The van der Waals surface area contributed by atoms with Crippen LogP contribution in [0.5, 0.6) is 11.5 Å². The molecule has 1 aromatic heterocycles. The number of carboxylic acid groups (broad SMARTS) is 1. The van der Waals surface area contributed by atoms with Gasteiger partial charge >= 0.3 is 0 Å². The Morgan fingerprint density at radius 3 is 2.84 bits per heavy atom. The van der Waals surface area contributed by atoms with Crippen molar-refractivity contribution in [3.8, 4) is 11.5 Å². The molecule has 2 aliphatic heterocycles. The van der Waals surface area contributed by atoms with Gasteiger partial charge in [-0.3, -0.25) is 14.5 Å². The van der Waals surface area contributed by atoms with Crippen LogP contribution < -0.4 is 14.8 Å². The van der Waals surface area contributed by atoms with E-state index in [0.29, 0.717) is 19.5 Å². The fourth-order valence-electron chi connectivity index (χ4n) is 4.65. The van der Waals surface area contributed by atoms with Crippen LogP contribution in [-0.4, -0.2) is 59.5 Å². The van der Waals surface area contributed by atoms with Crippen molar-refractivity contribution in [3.63, 3.8) is 0 Å². The molecule has 1 aliphatic carbocycles. The highest BCUT2D eigenvalue weighted by molar-refractivity contribution is 7.12. The minimum atomic E-state index is -0.444. The molecule has 2 aromatic rings. The maximum absolute atomic E-state index is 12.9. The first-order valence-corrected chi connectivity index (χ1v) is 11.7. The molecule has 0 saturated carbocycles. The Bertz CT molecular complexity index is 962. The van der Waals surface area contributed by atoms with Gasteiger partial charge in [-0.2, -0.15) is 0 Å². The van der Waals surface area contributed by atoms with E-state index in [1.807, 2.05) is 18.2 Å². The number of benzene rings is 1. The van der Waals surface area contributed by atoms with Gasteiger partial charge in [0.1, 0.15) is 0 Å². The van der Waals surface area contributed by atoms with Gasteiger partial charge in [0, 0.05) is 25.7 Å². The maximum atomic E-state index is 12.9. The van der Waals surface area contributed by atoms with Crippen molar-refractivity contribution < 1.29 is 29.3 Å². The molecular formula is C23H28N2O6S. The molecule has 0 radical (unpaired) electrons. The molecule has 2 atom stereocenters. The number of nitrogens with one attached hydrogen (secondary N) is 1. The molecule has 0 bridgehead atoms. The third-order valence-corrected chi connectivity index (χ3v) is 7.06. The summed E-state index contributed by atoms with van der Waals surface area (Å²) in [5.41, 5.74) is 3.70. The third-order valence-electron chi connectivity index (χ3n) is 5.99. The van der Waals surface area contributed by atoms with E-state index in [0.717, 1.165) is 47.7 Å². The highest BCUT2D eigenvalue weighted by Crippen LogP contribution is 2.33. The van der Waals surface area contributed by atoms with Crippen LogP contribution in [0.15, 0.2) is 23.6 Å². The van der Waals surface area contributed by atoms with Gasteiger partial charge < -0.3 is 25.0 Å². The second-order valence-corrected chi connectivity index (χ2v) is 9.20. The number of piperidine rings is 1. The van der Waals surface area contributed by atoms with Gasteiger partial charge in [-0.15, -0.1) is 11.3 Å². The van der Waals surface area contributed by atoms with E-state index in [1.165, 1.54) is 17.5 Å². The molecule has 9 heteroatoms. The number of β-amino-alcohol motifs (C(OH)–C–C–N with tert-alkyl or cyclic N) is 1. The predicted molar refractivity (Wildman–Crippen MR) is 119 cm³/mol. The molecule has 3 heterocycles. The zero-order valence-electron chi connectivity index (χ0n) is 17.8. The fourth-order valence-corrected chi connectivity index (χ4v) is 5.72. The summed E-state index contributed by atoms with van der Waals surface area (Å²) < 4.78 is 10.8. The molecule has 1 aromatic carbocycles. The minimum Gasteiger partial charge on any atom is -0.483 e. The van der Waals surface area contributed by atoms with E-state index in [9.17, 15) is 9.90 Å². The zero-order chi connectivity index (χ0) is 22.5. The molecule has 1 saturated heterocycles. The lowest BCUT2D eigenvalue weighted by Gasteiger charge is -2.36. The first-order valence-electron chi connectivity index (χ1n) is 10.8. The second kappa shape index (κ2) is 10.3. The highest BCUT2D eigenvalue weighted by Gasteiger charge is 2.29. The highest BCUT2D eigenvalue weighted by atomic mass is 32.1. The van der Waals surface area contributed by atoms with Gasteiger partial charge in [0.25, 0.3) is 12.4 Å². The number of carbonyl (C=O) groups excluding carboxylic acids is 1. The summed E-state index contributed by atoms with van der Waals surface area (Å²) in [6.45, 7) is 2.05. The average Bonchev–Trinajstić information content (AvgIpc) is 3.40. The average molecular weight is 461 g/mol. The van der Waals surface area contributed by atoms with Crippen molar-refractivity contribution >= 4 is 23.7 Å². The molecule has 1 fully saturated rings. The molecule has 0 unspecified atom stereocenters. The molecule has 3 N–H and O–H groups in total. The maximum Gasteiger partial charge on any atom is 0.290 e. The number of amides is 1. The van der Waals surface area contributed by atoms with Crippen LogP contribution >= 0.6 is 11.3 Å². The number of likely N-dealkylation sites (tertiary alicyclic amines) is 1. The Hall–Kier alpha value is -2.62. The van der Waals surface area contributed by atoms with Crippen molar-refractivity contribution in [2.24, 2.45) is 0 Å². The molecule has 0 spiro atoms. The number of hydrogen-bond donors (Lipinski definition) is 3. The molecule has 5 rings (SSSR count). The summed E-state index contributed by atoms with van der Waals surface area (Å²) in [5, 5.41) is 22.6. The van der Waals surface area contributed by atoms with Crippen molar-refractivity contribution in [1.82, 2.24) is 10.2 Å². The van der Waals surface area contributed by atoms with Crippen molar-refractivity contribution in [1.29, 1.82) is 0 Å². The van der Waals surface area contributed by atoms with Gasteiger partial charge in [0.05, 0.1) is 11.0 Å². The first kappa shape index (κ1) is 22.6. The van der Waals surface area contributed by atoms with Crippen molar-refractivity contribution in [2.45, 2.75) is 50.8 Å². The lowest BCUT2D eigenvalue weighted by molar-refractivity contribution is -0.122. The number of hydrogen-bond acceptors (Lipinski definition) is 7. The Labute approximate surface area is 190 Å². The summed E-state index contributed by atoms with van der Waals surface area (Å²) in [6.07, 6.45) is 4.62. The molecule has 8 nitrogen and oxygen atoms in total. The predicted octanol–water partition coefficient (Wildman–Crippen LogP) is 2.42. The van der Waals surface area contributed by atoms with E-state index >= 15 is 0 Å². The van der Waals surface area contributed by atoms with E-state index in [4.69, 9.17) is 19.4 Å². The van der Waals surface area contributed by atoms with Crippen LogP contribution in [0.25, 0.3) is 0 Å². The minimum absolute atomic E-state index is 0.0141.